The molecule has 0 aliphatic carbocycles. The van der Waals surface area contributed by atoms with E-state index < -0.39 is 0 Å². The van der Waals surface area contributed by atoms with Crippen molar-refractivity contribution >= 4 is 0 Å². The zero-order valence-electron chi connectivity index (χ0n) is 11.9. The van der Waals surface area contributed by atoms with E-state index in [4.69, 9.17) is 4.42 Å². The van der Waals surface area contributed by atoms with Crippen LogP contribution in [0.2, 0.25) is 0 Å². The molecule has 0 saturated heterocycles. The molecule has 0 atom stereocenters. The van der Waals surface area contributed by atoms with Crippen LogP contribution in [-0.2, 0) is 6.54 Å². The van der Waals surface area contributed by atoms with Crippen molar-refractivity contribution < 1.29 is 4.42 Å². The van der Waals surface area contributed by atoms with Gasteiger partial charge in [-0.25, -0.2) is 0 Å². The average molecular weight is 259 g/mol. The van der Waals surface area contributed by atoms with Gasteiger partial charge in [0.05, 0.1) is 6.54 Å². The van der Waals surface area contributed by atoms with Crippen molar-refractivity contribution in [1.29, 1.82) is 0 Å². The average Bonchev–Trinajstić information content (AvgIpc) is 2.85. The van der Waals surface area contributed by atoms with Crippen molar-refractivity contribution in [2.75, 3.05) is 13.6 Å². The molecule has 2 aromatic rings. The fourth-order valence-electron chi connectivity index (χ4n) is 1.98. The Morgan fingerprint density at radius 3 is 2.74 bits per heavy atom. The van der Waals surface area contributed by atoms with Crippen molar-refractivity contribution in [3.63, 3.8) is 0 Å². The minimum Gasteiger partial charge on any atom is -0.419 e. The molecule has 0 bridgehead atoms. The lowest BCUT2D eigenvalue weighted by Crippen LogP contribution is -2.19. The molecule has 102 valence electrons. The third-order valence-electron chi connectivity index (χ3n) is 3.14. The van der Waals surface area contributed by atoms with E-state index in [9.17, 15) is 0 Å². The first-order valence-corrected chi connectivity index (χ1v) is 6.77. The highest BCUT2D eigenvalue weighted by molar-refractivity contribution is 5.57. The summed E-state index contributed by atoms with van der Waals surface area (Å²) in [6.45, 7) is 6.00. The highest BCUT2D eigenvalue weighted by Crippen LogP contribution is 2.21. The molecule has 0 fully saturated rings. The van der Waals surface area contributed by atoms with Gasteiger partial charge < -0.3 is 4.42 Å². The maximum atomic E-state index is 5.74. The lowest BCUT2D eigenvalue weighted by Gasteiger charge is -2.12. The maximum Gasteiger partial charge on any atom is 0.248 e. The minimum atomic E-state index is 0.608. The van der Waals surface area contributed by atoms with Gasteiger partial charge in [0, 0.05) is 5.56 Å². The molecule has 0 aliphatic heterocycles. The van der Waals surface area contributed by atoms with Gasteiger partial charge in [-0.2, -0.15) is 0 Å². The first kappa shape index (κ1) is 13.7. The number of hydrogen-bond acceptors (Lipinski definition) is 4. The SMILES string of the molecule is CCCCN(C)Cc1nnc(-c2ccccc2C)o1. The van der Waals surface area contributed by atoms with Crippen LogP contribution in [0.15, 0.2) is 28.7 Å². The predicted octanol–water partition coefficient (Wildman–Crippen LogP) is 3.28. The topological polar surface area (TPSA) is 42.2 Å². The maximum absolute atomic E-state index is 5.74. The summed E-state index contributed by atoms with van der Waals surface area (Å²) < 4.78 is 5.74. The largest absolute Gasteiger partial charge is 0.419 e. The van der Waals surface area contributed by atoms with Gasteiger partial charge in [0.25, 0.3) is 0 Å². The molecular formula is C15H21N3O. The van der Waals surface area contributed by atoms with E-state index in [1.54, 1.807) is 0 Å². The Hall–Kier alpha value is -1.68. The highest BCUT2D eigenvalue weighted by Gasteiger charge is 2.11. The van der Waals surface area contributed by atoms with Crippen LogP contribution in [0.3, 0.4) is 0 Å². The van der Waals surface area contributed by atoms with Gasteiger partial charge in [-0.15, -0.1) is 10.2 Å². The molecule has 0 N–H and O–H groups in total. The van der Waals surface area contributed by atoms with Gasteiger partial charge in [-0.1, -0.05) is 31.5 Å². The minimum absolute atomic E-state index is 0.608. The summed E-state index contributed by atoms with van der Waals surface area (Å²) in [6.07, 6.45) is 2.39. The van der Waals surface area contributed by atoms with E-state index >= 15 is 0 Å². The van der Waals surface area contributed by atoms with Gasteiger partial charge in [0.15, 0.2) is 0 Å². The molecular weight excluding hydrogens is 238 g/mol. The van der Waals surface area contributed by atoms with E-state index in [1.807, 2.05) is 31.2 Å². The third kappa shape index (κ3) is 3.64. The second kappa shape index (κ2) is 6.48. The summed E-state index contributed by atoms with van der Waals surface area (Å²) in [6, 6.07) is 8.05. The summed E-state index contributed by atoms with van der Waals surface area (Å²) in [5, 5.41) is 8.26. The van der Waals surface area contributed by atoms with Crippen LogP contribution in [0.1, 0.15) is 31.2 Å². The van der Waals surface area contributed by atoms with Crippen LogP contribution in [0, 0.1) is 6.92 Å². The molecule has 1 aromatic heterocycles. The predicted molar refractivity (Wildman–Crippen MR) is 75.7 cm³/mol. The van der Waals surface area contributed by atoms with Crippen LogP contribution in [0.25, 0.3) is 11.5 Å². The second-order valence-corrected chi connectivity index (χ2v) is 4.91. The third-order valence-corrected chi connectivity index (χ3v) is 3.14. The van der Waals surface area contributed by atoms with Gasteiger partial charge in [-0.3, -0.25) is 4.90 Å². The molecule has 0 radical (unpaired) electrons. The fraction of sp³-hybridized carbons (Fsp3) is 0.467. The van der Waals surface area contributed by atoms with Crippen molar-refractivity contribution in [3.8, 4) is 11.5 Å². The molecule has 0 spiro atoms. The van der Waals surface area contributed by atoms with Crippen LogP contribution < -0.4 is 0 Å². The molecule has 2 rings (SSSR count). The first-order valence-electron chi connectivity index (χ1n) is 6.77. The van der Waals surface area contributed by atoms with Crippen LogP contribution in [-0.4, -0.2) is 28.7 Å². The van der Waals surface area contributed by atoms with E-state index in [1.165, 1.54) is 12.8 Å². The first-order chi connectivity index (χ1) is 9.20. The Balaban J connectivity index is 2.05. The molecule has 0 aliphatic rings. The number of hydrogen-bond donors (Lipinski definition) is 0. The Morgan fingerprint density at radius 2 is 2.00 bits per heavy atom. The van der Waals surface area contributed by atoms with Gasteiger partial charge >= 0.3 is 0 Å². The van der Waals surface area contributed by atoms with Crippen LogP contribution in [0.4, 0.5) is 0 Å². The Kier molecular flexibility index (Phi) is 4.68. The van der Waals surface area contributed by atoms with Gasteiger partial charge in [0.2, 0.25) is 11.8 Å². The van der Waals surface area contributed by atoms with E-state index in [2.05, 4.69) is 29.1 Å². The molecule has 1 aromatic carbocycles. The van der Waals surface area contributed by atoms with Crippen molar-refractivity contribution in [1.82, 2.24) is 15.1 Å². The summed E-state index contributed by atoms with van der Waals surface area (Å²) in [4.78, 5) is 2.21. The van der Waals surface area contributed by atoms with E-state index in [-0.39, 0.29) is 0 Å². The monoisotopic (exact) mass is 259 g/mol. The van der Waals surface area contributed by atoms with Crippen molar-refractivity contribution in [3.05, 3.63) is 35.7 Å². The normalized spacial score (nSPS) is 11.2. The fourth-order valence-corrected chi connectivity index (χ4v) is 1.98. The van der Waals surface area contributed by atoms with E-state index in [0.717, 1.165) is 17.7 Å². The van der Waals surface area contributed by atoms with Crippen LogP contribution in [0.5, 0.6) is 0 Å². The summed E-state index contributed by atoms with van der Waals surface area (Å²) in [5.74, 6) is 1.29. The smallest absolute Gasteiger partial charge is 0.248 e. The van der Waals surface area contributed by atoms with Gasteiger partial charge in [0.1, 0.15) is 0 Å². The lowest BCUT2D eigenvalue weighted by atomic mass is 10.1. The molecule has 4 nitrogen and oxygen atoms in total. The number of unbranched alkanes of at least 4 members (excludes halogenated alkanes) is 1. The van der Waals surface area contributed by atoms with E-state index in [0.29, 0.717) is 18.3 Å². The molecule has 0 saturated carbocycles. The Morgan fingerprint density at radius 1 is 1.21 bits per heavy atom. The molecule has 0 amide bonds. The number of nitrogens with zero attached hydrogens (tertiary/aromatic N) is 3. The zero-order valence-corrected chi connectivity index (χ0v) is 11.9. The van der Waals surface area contributed by atoms with Crippen molar-refractivity contribution in [2.45, 2.75) is 33.2 Å². The number of aryl methyl sites for hydroxylation is 1. The molecule has 0 unspecified atom stereocenters. The summed E-state index contributed by atoms with van der Waals surface area (Å²) in [5.41, 5.74) is 2.16. The number of rotatable bonds is 6. The summed E-state index contributed by atoms with van der Waals surface area (Å²) >= 11 is 0. The van der Waals surface area contributed by atoms with Crippen LogP contribution >= 0.6 is 0 Å². The standard InChI is InChI=1S/C15H21N3O/c1-4-5-10-18(3)11-14-16-17-15(19-14)13-9-7-6-8-12(13)2/h6-9H,4-5,10-11H2,1-3H3. The molecule has 4 heteroatoms. The molecule has 1 heterocycles. The Labute approximate surface area is 114 Å². The highest BCUT2D eigenvalue weighted by atomic mass is 16.4. The molecule has 19 heavy (non-hydrogen) atoms. The Bertz CT molecular complexity index is 522. The zero-order chi connectivity index (χ0) is 13.7. The number of benzene rings is 1. The number of aromatic nitrogens is 2. The van der Waals surface area contributed by atoms with Gasteiger partial charge in [-0.05, 0) is 38.6 Å². The summed E-state index contributed by atoms with van der Waals surface area (Å²) in [7, 11) is 2.08. The van der Waals surface area contributed by atoms with Crippen molar-refractivity contribution in [2.24, 2.45) is 0 Å². The quantitative estimate of drug-likeness (QED) is 0.798. The lowest BCUT2D eigenvalue weighted by molar-refractivity contribution is 0.286. The second-order valence-electron chi connectivity index (χ2n) is 4.91.